The summed E-state index contributed by atoms with van der Waals surface area (Å²) in [5, 5.41) is 17.5. The number of carbonyl (C=O) groups excluding carboxylic acids is 1. The molecule has 1 saturated heterocycles. The van der Waals surface area contributed by atoms with Gasteiger partial charge in [0.15, 0.2) is 5.75 Å². The molecule has 1 amide bonds. The molecular formula is C17H25N3O4. The van der Waals surface area contributed by atoms with Gasteiger partial charge in [-0.2, -0.15) is 0 Å². The summed E-state index contributed by atoms with van der Waals surface area (Å²) in [6.45, 7) is 8.39. The predicted octanol–water partition coefficient (Wildman–Crippen LogP) is 3.10. The van der Waals surface area contributed by atoms with Gasteiger partial charge in [0.2, 0.25) is 5.91 Å². The molecule has 2 N–H and O–H groups in total. The van der Waals surface area contributed by atoms with Crippen molar-refractivity contribution in [3.8, 4) is 5.75 Å². The van der Waals surface area contributed by atoms with Gasteiger partial charge in [0.25, 0.3) is 0 Å². The van der Waals surface area contributed by atoms with Gasteiger partial charge in [-0.15, -0.1) is 0 Å². The Hall–Kier alpha value is -2.31. The van der Waals surface area contributed by atoms with Gasteiger partial charge in [0, 0.05) is 30.3 Å². The molecule has 0 aliphatic carbocycles. The fraction of sp³-hybridized carbons (Fsp3) is 0.588. The van der Waals surface area contributed by atoms with Crippen LogP contribution in [-0.2, 0) is 4.79 Å². The maximum atomic E-state index is 11.7. The number of nitro groups is 1. The summed E-state index contributed by atoms with van der Waals surface area (Å²) in [4.78, 5) is 22.4. The second-order valence-corrected chi connectivity index (χ2v) is 7.07. The highest BCUT2D eigenvalue weighted by atomic mass is 16.6. The van der Waals surface area contributed by atoms with E-state index in [9.17, 15) is 14.9 Å². The number of benzene rings is 1. The molecule has 0 spiro atoms. The van der Waals surface area contributed by atoms with Crippen LogP contribution in [0.25, 0.3) is 0 Å². The molecule has 7 heteroatoms. The van der Waals surface area contributed by atoms with Gasteiger partial charge in [-0.1, -0.05) is 20.8 Å². The minimum Gasteiger partial charge on any atom is -0.487 e. The van der Waals surface area contributed by atoms with Gasteiger partial charge in [-0.05, 0) is 24.8 Å². The van der Waals surface area contributed by atoms with Crippen LogP contribution in [0.1, 0.15) is 40.5 Å². The number of anilines is 1. The third-order valence-electron chi connectivity index (χ3n) is 4.14. The number of nitrogens with zero attached hydrogens (tertiary/aromatic N) is 1. The highest BCUT2D eigenvalue weighted by Crippen LogP contribution is 2.33. The predicted molar refractivity (Wildman–Crippen MR) is 92.3 cm³/mol. The summed E-state index contributed by atoms with van der Waals surface area (Å²) in [6, 6.07) is 4.80. The van der Waals surface area contributed by atoms with E-state index in [4.69, 9.17) is 4.74 Å². The number of amides is 1. The fourth-order valence-electron chi connectivity index (χ4n) is 3.01. The molecule has 2 atom stereocenters. The fourth-order valence-corrected chi connectivity index (χ4v) is 3.01. The number of rotatable bonds is 5. The Labute approximate surface area is 141 Å². The minimum atomic E-state index is -0.451. The molecule has 1 heterocycles. The van der Waals surface area contributed by atoms with Crippen LogP contribution in [-0.4, -0.2) is 29.5 Å². The molecule has 7 nitrogen and oxygen atoms in total. The summed E-state index contributed by atoms with van der Waals surface area (Å²) in [5.41, 5.74) is 0.600. The molecule has 0 radical (unpaired) electrons. The summed E-state index contributed by atoms with van der Waals surface area (Å²) in [6.07, 6.45) is 1.18. The van der Waals surface area contributed by atoms with Crippen molar-refractivity contribution in [3.05, 3.63) is 28.3 Å². The van der Waals surface area contributed by atoms with Gasteiger partial charge < -0.3 is 15.4 Å². The van der Waals surface area contributed by atoms with Crippen LogP contribution >= 0.6 is 0 Å². The molecule has 1 aliphatic heterocycles. The van der Waals surface area contributed by atoms with Crippen molar-refractivity contribution < 1.29 is 14.5 Å². The van der Waals surface area contributed by atoms with Crippen molar-refractivity contribution in [2.75, 3.05) is 11.9 Å². The third-order valence-corrected chi connectivity index (χ3v) is 4.14. The number of carbonyl (C=O) groups is 1. The molecule has 1 fully saturated rings. The average Bonchev–Trinajstić information content (AvgIpc) is 2.48. The van der Waals surface area contributed by atoms with Crippen LogP contribution in [0.2, 0.25) is 0 Å². The van der Waals surface area contributed by atoms with Crippen LogP contribution in [0.15, 0.2) is 18.2 Å². The Morgan fingerprint density at radius 2 is 2.12 bits per heavy atom. The van der Waals surface area contributed by atoms with Crippen LogP contribution in [0.3, 0.4) is 0 Å². The van der Waals surface area contributed by atoms with Crippen molar-refractivity contribution in [1.29, 1.82) is 0 Å². The first-order valence-corrected chi connectivity index (χ1v) is 8.19. The molecule has 24 heavy (non-hydrogen) atoms. The van der Waals surface area contributed by atoms with Crippen LogP contribution in [0.4, 0.5) is 11.4 Å². The monoisotopic (exact) mass is 335 g/mol. The van der Waals surface area contributed by atoms with E-state index in [1.54, 1.807) is 19.1 Å². The lowest BCUT2D eigenvalue weighted by Gasteiger charge is -2.41. The van der Waals surface area contributed by atoms with Crippen LogP contribution in [0, 0.1) is 15.5 Å². The molecule has 1 aromatic rings. The summed E-state index contributed by atoms with van der Waals surface area (Å²) < 4.78 is 5.39. The number of piperidine rings is 1. The average molecular weight is 335 g/mol. The first-order chi connectivity index (χ1) is 11.2. The quantitative estimate of drug-likeness (QED) is 0.637. The van der Waals surface area contributed by atoms with E-state index in [1.807, 2.05) is 0 Å². The zero-order chi connectivity index (χ0) is 17.9. The molecule has 2 rings (SSSR count). The maximum absolute atomic E-state index is 11.7. The van der Waals surface area contributed by atoms with Gasteiger partial charge in [-0.25, -0.2) is 0 Å². The Kier molecular flexibility index (Phi) is 5.31. The molecule has 0 bridgehead atoms. The van der Waals surface area contributed by atoms with Gasteiger partial charge in [0.1, 0.15) is 0 Å². The number of nitro benzene ring substituents is 1. The highest BCUT2D eigenvalue weighted by molar-refractivity contribution is 5.77. The molecule has 0 unspecified atom stereocenters. The normalized spacial score (nSPS) is 21.1. The van der Waals surface area contributed by atoms with Gasteiger partial charge >= 0.3 is 5.69 Å². The zero-order valence-corrected chi connectivity index (χ0v) is 14.6. The first kappa shape index (κ1) is 18.0. The summed E-state index contributed by atoms with van der Waals surface area (Å²) in [7, 11) is 0. The lowest BCUT2D eigenvalue weighted by atomic mass is 9.78. The molecule has 0 saturated carbocycles. The summed E-state index contributed by atoms with van der Waals surface area (Å²) in [5.74, 6) is 0.311. The Morgan fingerprint density at radius 3 is 2.71 bits per heavy atom. The van der Waals surface area contributed by atoms with Crippen molar-refractivity contribution in [2.45, 2.75) is 52.6 Å². The molecule has 1 aromatic carbocycles. The van der Waals surface area contributed by atoms with Crippen molar-refractivity contribution >= 4 is 17.3 Å². The number of ether oxygens (including phenoxy) is 1. The standard InChI is InChI=1S/C17H25N3O4/c1-5-24-14-10-11(6-8-13(14)20(22)23)18-12-7-9-15(21)19-16(12)17(2,3)4/h6,8,10,12,16,18H,5,7,9H2,1-4H3,(H,19,21)/t12-,16-/m1/s1. The molecule has 0 aromatic heterocycles. The lowest BCUT2D eigenvalue weighted by molar-refractivity contribution is -0.385. The summed E-state index contributed by atoms with van der Waals surface area (Å²) >= 11 is 0. The van der Waals surface area contributed by atoms with Crippen molar-refractivity contribution in [1.82, 2.24) is 5.32 Å². The van der Waals surface area contributed by atoms with E-state index in [0.29, 0.717) is 19.4 Å². The van der Waals surface area contributed by atoms with Gasteiger partial charge in [-0.3, -0.25) is 14.9 Å². The van der Waals surface area contributed by atoms with Gasteiger partial charge in [0.05, 0.1) is 17.6 Å². The Balaban J connectivity index is 2.24. The van der Waals surface area contributed by atoms with E-state index in [1.165, 1.54) is 6.07 Å². The third kappa shape index (κ3) is 4.15. The topological polar surface area (TPSA) is 93.5 Å². The SMILES string of the molecule is CCOc1cc(N[C@@H]2CCC(=O)N[C@H]2C(C)(C)C)ccc1[N+](=O)[O-]. The first-order valence-electron chi connectivity index (χ1n) is 8.19. The Bertz CT molecular complexity index is 625. The van der Waals surface area contributed by atoms with Crippen molar-refractivity contribution in [3.63, 3.8) is 0 Å². The number of nitrogens with one attached hydrogen (secondary N) is 2. The Morgan fingerprint density at radius 1 is 1.42 bits per heavy atom. The van der Waals surface area contributed by atoms with E-state index in [2.05, 4.69) is 31.4 Å². The second-order valence-electron chi connectivity index (χ2n) is 7.07. The lowest BCUT2D eigenvalue weighted by Crippen LogP contribution is -2.57. The molecule has 132 valence electrons. The number of hydrogen-bond donors (Lipinski definition) is 2. The number of hydrogen-bond acceptors (Lipinski definition) is 5. The van der Waals surface area contributed by atoms with E-state index >= 15 is 0 Å². The van der Waals surface area contributed by atoms with E-state index < -0.39 is 4.92 Å². The minimum absolute atomic E-state index is 0.0236. The highest BCUT2D eigenvalue weighted by Gasteiger charge is 2.36. The largest absolute Gasteiger partial charge is 0.487 e. The smallest absolute Gasteiger partial charge is 0.311 e. The van der Waals surface area contributed by atoms with E-state index in [0.717, 1.165) is 5.69 Å². The molecule has 1 aliphatic rings. The molecular weight excluding hydrogens is 310 g/mol. The maximum Gasteiger partial charge on any atom is 0.311 e. The van der Waals surface area contributed by atoms with Crippen molar-refractivity contribution in [2.24, 2.45) is 5.41 Å². The van der Waals surface area contributed by atoms with E-state index in [-0.39, 0.29) is 34.8 Å². The second kappa shape index (κ2) is 7.07. The zero-order valence-electron chi connectivity index (χ0n) is 14.6. The van der Waals surface area contributed by atoms with Crippen LogP contribution < -0.4 is 15.4 Å². The van der Waals surface area contributed by atoms with Crippen LogP contribution in [0.5, 0.6) is 5.75 Å².